The van der Waals surface area contributed by atoms with Gasteiger partial charge in [-0.1, -0.05) is 6.07 Å². The number of anilines is 2. The van der Waals surface area contributed by atoms with E-state index in [0.29, 0.717) is 40.8 Å². The molecular formula is C24H26N2O6S. The molecule has 0 radical (unpaired) electrons. The number of nitrogens with zero attached hydrogens (tertiary/aromatic N) is 1. The van der Waals surface area contributed by atoms with Crippen molar-refractivity contribution in [3.63, 3.8) is 0 Å². The number of carbonyl (C=O) groups excluding carboxylic acids is 1. The average molecular weight is 471 g/mol. The van der Waals surface area contributed by atoms with Gasteiger partial charge < -0.3 is 19.5 Å². The Bertz CT molecular complexity index is 1230. The lowest BCUT2D eigenvalue weighted by Gasteiger charge is -2.20. The van der Waals surface area contributed by atoms with E-state index in [1.54, 1.807) is 42.5 Å². The van der Waals surface area contributed by atoms with Crippen LogP contribution < -0.4 is 23.8 Å². The summed E-state index contributed by atoms with van der Waals surface area (Å²) in [4.78, 5) is 12.7. The van der Waals surface area contributed by atoms with Crippen molar-refractivity contribution in [1.29, 1.82) is 0 Å². The number of sulfonamides is 1. The van der Waals surface area contributed by atoms with Crippen LogP contribution in [0.25, 0.3) is 0 Å². The van der Waals surface area contributed by atoms with E-state index in [1.165, 1.54) is 39.5 Å². The molecule has 0 unspecified atom stereocenters. The van der Waals surface area contributed by atoms with Crippen molar-refractivity contribution >= 4 is 27.3 Å². The van der Waals surface area contributed by atoms with Crippen LogP contribution in [0.1, 0.15) is 17.3 Å². The molecule has 0 saturated carbocycles. The second kappa shape index (κ2) is 10.3. The average Bonchev–Trinajstić information content (AvgIpc) is 2.83. The number of carbonyl (C=O) groups is 1. The summed E-state index contributed by atoms with van der Waals surface area (Å²) in [6.07, 6.45) is 0. The number of ether oxygens (including phenoxy) is 3. The topological polar surface area (TPSA) is 94.2 Å². The van der Waals surface area contributed by atoms with E-state index < -0.39 is 10.0 Å². The standard InChI is InChI=1S/C24H26N2O6S/c1-5-32-20-8-6-7-18(15-20)25-24(27)17-9-11-19(12-10-17)26(2)33(28,29)21-13-14-22(30-3)23(16-21)31-4/h6-16H,5H2,1-4H3,(H,25,27). The van der Waals surface area contributed by atoms with Crippen LogP contribution in [0.4, 0.5) is 11.4 Å². The van der Waals surface area contributed by atoms with E-state index in [4.69, 9.17) is 14.2 Å². The van der Waals surface area contributed by atoms with Crippen molar-refractivity contribution in [2.24, 2.45) is 0 Å². The molecule has 0 saturated heterocycles. The molecule has 33 heavy (non-hydrogen) atoms. The van der Waals surface area contributed by atoms with E-state index in [9.17, 15) is 13.2 Å². The summed E-state index contributed by atoms with van der Waals surface area (Å²) < 4.78 is 43.1. The van der Waals surface area contributed by atoms with Crippen molar-refractivity contribution in [2.45, 2.75) is 11.8 Å². The second-order valence-electron chi connectivity index (χ2n) is 6.95. The van der Waals surface area contributed by atoms with E-state index in [1.807, 2.05) is 13.0 Å². The minimum atomic E-state index is -3.86. The molecule has 0 aliphatic heterocycles. The summed E-state index contributed by atoms with van der Waals surface area (Å²) in [5.74, 6) is 1.09. The van der Waals surface area contributed by atoms with Crippen molar-refractivity contribution in [1.82, 2.24) is 0 Å². The molecule has 9 heteroatoms. The van der Waals surface area contributed by atoms with Crippen molar-refractivity contribution in [2.75, 3.05) is 37.5 Å². The van der Waals surface area contributed by atoms with Crippen LogP contribution in [0.3, 0.4) is 0 Å². The molecule has 0 spiro atoms. The molecule has 174 valence electrons. The Morgan fingerprint density at radius 3 is 2.27 bits per heavy atom. The van der Waals surface area contributed by atoms with Crippen molar-refractivity contribution in [3.8, 4) is 17.2 Å². The third kappa shape index (κ3) is 5.38. The summed E-state index contributed by atoms with van der Waals surface area (Å²) >= 11 is 0. The Morgan fingerprint density at radius 1 is 0.939 bits per heavy atom. The van der Waals surface area contributed by atoms with Gasteiger partial charge in [0.05, 0.1) is 31.4 Å². The third-order valence-electron chi connectivity index (χ3n) is 4.91. The molecule has 0 heterocycles. The fraction of sp³-hybridized carbons (Fsp3) is 0.208. The van der Waals surface area contributed by atoms with Gasteiger partial charge in [-0.05, 0) is 55.5 Å². The zero-order valence-electron chi connectivity index (χ0n) is 18.9. The quantitative estimate of drug-likeness (QED) is 0.504. The highest BCUT2D eigenvalue weighted by Crippen LogP contribution is 2.31. The largest absolute Gasteiger partial charge is 0.494 e. The van der Waals surface area contributed by atoms with Gasteiger partial charge in [0.15, 0.2) is 11.5 Å². The molecule has 3 aromatic carbocycles. The summed E-state index contributed by atoms with van der Waals surface area (Å²) in [6.45, 7) is 2.41. The predicted molar refractivity (Wildman–Crippen MR) is 127 cm³/mol. The predicted octanol–water partition coefficient (Wildman–Crippen LogP) is 4.18. The Kier molecular flexibility index (Phi) is 7.44. The Labute approximate surface area is 193 Å². The van der Waals surface area contributed by atoms with Gasteiger partial charge in [-0.15, -0.1) is 0 Å². The van der Waals surface area contributed by atoms with Crippen LogP contribution in [0.5, 0.6) is 17.2 Å². The number of methoxy groups -OCH3 is 2. The number of benzene rings is 3. The third-order valence-corrected chi connectivity index (χ3v) is 6.69. The molecular weight excluding hydrogens is 444 g/mol. The van der Waals surface area contributed by atoms with E-state index in [0.717, 1.165) is 4.31 Å². The monoisotopic (exact) mass is 470 g/mol. The minimum absolute atomic E-state index is 0.0543. The lowest BCUT2D eigenvalue weighted by molar-refractivity contribution is 0.102. The van der Waals surface area contributed by atoms with Crippen LogP contribution in [0.15, 0.2) is 71.6 Å². The first-order valence-electron chi connectivity index (χ1n) is 10.2. The van der Waals surface area contributed by atoms with E-state index in [2.05, 4.69) is 5.32 Å². The highest BCUT2D eigenvalue weighted by molar-refractivity contribution is 7.92. The number of nitrogens with one attached hydrogen (secondary N) is 1. The maximum absolute atomic E-state index is 13.1. The fourth-order valence-electron chi connectivity index (χ4n) is 3.13. The summed E-state index contributed by atoms with van der Waals surface area (Å²) in [5.41, 5.74) is 1.39. The molecule has 1 amide bonds. The number of hydrogen-bond acceptors (Lipinski definition) is 6. The zero-order chi connectivity index (χ0) is 24.0. The molecule has 8 nitrogen and oxygen atoms in total. The molecule has 3 aromatic rings. The lowest BCUT2D eigenvalue weighted by atomic mass is 10.2. The maximum atomic E-state index is 13.1. The Morgan fingerprint density at radius 2 is 1.64 bits per heavy atom. The Balaban J connectivity index is 1.77. The number of rotatable bonds is 9. The van der Waals surface area contributed by atoms with Crippen LogP contribution in [-0.4, -0.2) is 42.2 Å². The van der Waals surface area contributed by atoms with Gasteiger partial charge in [-0.2, -0.15) is 0 Å². The van der Waals surface area contributed by atoms with E-state index >= 15 is 0 Å². The second-order valence-corrected chi connectivity index (χ2v) is 8.92. The molecule has 0 aliphatic rings. The first-order valence-corrected chi connectivity index (χ1v) is 11.6. The van der Waals surface area contributed by atoms with E-state index in [-0.39, 0.29) is 10.8 Å². The van der Waals surface area contributed by atoms with Crippen molar-refractivity contribution < 1.29 is 27.4 Å². The fourth-order valence-corrected chi connectivity index (χ4v) is 4.34. The van der Waals surface area contributed by atoms with Crippen LogP contribution in [0.2, 0.25) is 0 Å². The first-order chi connectivity index (χ1) is 15.8. The highest BCUT2D eigenvalue weighted by Gasteiger charge is 2.23. The minimum Gasteiger partial charge on any atom is -0.494 e. The van der Waals surface area contributed by atoms with Gasteiger partial charge in [0.2, 0.25) is 0 Å². The van der Waals surface area contributed by atoms with Gasteiger partial charge in [0, 0.05) is 30.4 Å². The molecule has 1 N–H and O–H groups in total. The molecule has 0 bridgehead atoms. The Hall–Kier alpha value is -3.72. The molecule has 0 atom stereocenters. The van der Waals surface area contributed by atoms with Gasteiger partial charge in [-0.25, -0.2) is 8.42 Å². The van der Waals surface area contributed by atoms with Gasteiger partial charge in [0.25, 0.3) is 15.9 Å². The normalized spacial score (nSPS) is 10.9. The van der Waals surface area contributed by atoms with Gasteiger partial charge >= 0.3 is 0 Å². The molecule has 0 aromatic heterocycles. The molecule has 0 fully saturated rings. The van der Waals surface area contributed by atoms with Crippen LogP contribution in [0, 0.1) is 0 Å². The first kappa shape index (κ1) is 23.9. The van der Waals surface area contributed by atoms with Crippen LogP contribution >= 0.6 is 0 Å². The summed E-state index contributed by atoms with van der Waals surface area (Å²) in [5, 5.41) is 2.81. The highest BCUT2D eigenvalue weighted by atomic mass is 32.2. The van der Waals surface area contributed by atoms with Crippen LogP contribution in [-0.2, 0) is 10.0 Å². The molecule has 0 aliphatic carbocycles. The summed E-state index contributed by atoms with van der Waals surface area (Å²) in [6, 6.07) is 17.8. The SMILES string of the molecule is CCOc1cccc(NC(=O)c2ccc(N(C)S(=O)(=O)c3ccc(OC)c(OC)c3)cc2)c1. The number of amides is 1. The zero-order valence-corrected chi connectivity index (χ0v) is 19.7. The molecule has 3 rings (SSSR count). The summed E-state index contributed by atoms with van der Waals surface area (Å²) in [7, 11) is 0.504. The lowest BCUT2D eigenvalue weighted by Crippen LogP contribution is -2.26. The van der Waals surface area contributed by atoms with Gasteiger partial charge in [-0.3, -0.25) is 9.10 Å². The number of hydrogen-bond donors (Lipinski definition) is 1. The smallest absolute Gasteiger partial charge is 0.264 e. The maximum Gasteiger partial charge on any atom is 0.264 e. The van der Waals surface area contributed by atoms with Gasteiger partial charge in [0.1, 0.15) is 5.75 Å². The van der Waals surface area contributed by atoms with Crippen molar-refractivity contribution in [3.05, 3.63) is 72.3 Å².